The first-order chi connectivity index (χ1) is 6.77. The summed E-state index contributed by atoms with van der Waals surface area (Å²) in [4.78, 5) is 0. The Morgan fingerprint density at radius 2 is 2.21 bits per heavy atom. The molecule has 3 heteroatoms. The number of nitrogens with one attached hydrogen (secondary N) is 1. The molecule has 0 aromatic rings. The molecule has 1 heterocycles. The third kappa shape index (κ3) is 2.26. The van der Waals surface area contributed by atoms with Crippen LogP contribution in [-0.2, 0) is 0 Å². The van der Waals surface area contributed by atoms with Crippen molar-refractivity contribution in [2.45, 2.75) is 31.7 Å². The van der Waals surface area contributed by atoms with E-state index in [0.29, 0.717) is 5.92 Å². The molecule has 2 rings (SSSR count). The molecule has 78 valence electrons. The van der Waals surface area contributed by atoms with Gasteiger partial charge in [-0.3, -0.25) is 0 Å². The Hall–Kier alpha value is -0.150. The number of fused-ring (bicyclic) bond motifs is 1. The highest BCUT2D eigenvalue weighted by Crippen LogP contribution is 2.33. The highest BCUT2D eigenvalue weighted by molar-refractivity contribution is 9.11. The molecule has 14 heavy (non-hydrogen) atoms. The van der Waals surface area contributed by atoms with E-state index in [4.69, 9.17) is 0 Å². The van der Waals surface area contributed by atoms with Gasteiger partial charge in [-0.15, -0.1) is 0 Å². The van der Waals surface area contributed by atoms with Crippen LogP contribution in [-0.4, -0.2) is 12.6 Å². The second-order valence-corrected chi connectivity index (χ2v) is 4.93. The van der Waals surface area contributed by atoms with Gasteiger partial charge >= 0.3 is 0 Å². The van der Waals surface area contributed by atoms with Gasteiger partial charge in [-0.2, -0.15) is 0 Å². The molecule has 1 fully saturated rings. The van der Waals surface area contributed by atoms with E-state index in [-0.39, 0.29) is 11.9 Å². The average Bonchev–Trinajstić information content (AvgIpc) is 2.07. The Kier molecular flexibility index (Phi) is 3.39. The van der Waals surface area contributed by atoms with Crippen LogP contribution in [0, 0.1) is 5.92 Å². The molecule has 1 aliphatic carbocycles. The van der Waals surface area contributed by atoms with Gasteiger partial charge in [0.05, 0.1) is 0 Å². The maximum absolute atomic E-state index is 13.2. The molecule has 0 bridgehead atoms. The molecule has 0 amide bonds. The largest absolute Gasteiger partial charge is 0.310 e. The fourth-order valence-corrected chi connectivity index (χ4v) is 2.93. The molecule has 2 atom stereocenters. The van der Waals surface area contributed by atoms with Gasteiger partial charge in [-0.1, -0.05) is 28.8 Å². The van der Waals surface area contributed by atoms with Crippen LogP contribution in [0.3, 0.4) is 0 Å². The van der Waals surface area contributed by atoms with Crippen molar-refractivity contribution in [3.63, 3.8) is 0 Å². The summed E-state index contributed by atoms with van der Waals surface area (Å²) in [6.07, 6.45) is 8.20. The summed E-state index contributed by atoms with van der Waals surface area (Å²) < 4.78 is 14.2. The predicted octanol–water partition coefficient (Wildman–Crippen LogP) is 3.28. The SMILES string of the molecule is FC1=CC2NCCCCC[C@@H]2C(Br)=C1. The zero-order valence-corrected chi connectivity index (χ0v) is 9.69. The van der Waals surface area contributed by atoms with E-state index in [0.717, 1.165) is 17.4 Å². The van der Waals surface area contributed by atoms with Crippen molar-refractivity contribution in [3.8, 4) is 0 Å². The van der Waals surface area contributed by atoms with Crippen LogP contribution in [0.15, 0.2) is 22.5 Å². The molecule has 0 saturated carbocycles. The molecule has 1 saturated heterocycles. The first-order valence-corrected chi connectivity index (χ1v) is 6.04. The van der Waals surface area contributed by atoms with Crippen LogP contribution in [0.25, 0.3) is 0 Å². The van der Waals surface area contributed by atoms with Gasteiger partial charge in [-0.25, -0.2) is 4.39 Å². The number of hydrogen-bond acceptors (Lipinski definition) is 1. The van der Waals surface area contributed by atoms with Gasteiger partial charge in [0.25, 0.3) is 0 Å². The molecule has 0 radical (unpaired) electrons. The zero-order valence-electron chi connectivity index (χ0n) is 8.10. The van der Waals surface area contributed by atoms with E-state index in [9.17, 15) is 4.39 Å². The summed E-state index contributed by atoms with van der Waals surface area (Å²) in [6, 6.07) is 0.190. The monoisotopic (exact) mass is 259 g/mol. The summed E-state index contributed by atoms with van der Waals surface area (Å²) in [5.74, 6) is 0.320. The van der Waals surface area contributed by atoms with E-state index < -0.39 is 0 Å². The Bertz CT molecular complexity index is 272. The summed E-state index contributed by atoms with van der Waals surface area (Å²) in [6.45, 7) is 1.01. The number of hydrogen-bond donors (Lipinski definition) is 1. The summed E-state index contributed by atoms with van der Waals surface area (Å²) >= 11 is 3.47. The normalized spacial score (nSPS) is 33.6. The van der Waals surface area contributed by atoms with Crippen molar-refractivity contribution in [3.05, 3.63) is 22.5 Å². The van der Waals surface area contributed by atoms with E-state index in [1.165, 1.54) is 19.3 Å². The van der Waals surface area contributed by atoms with Crippen molar-refractivity contribution >= 4 is 15.9 Å². The van der Waals surface area contributed by atoms with E-state index in [1.807, 2.05) is 0 Å². The van der Waals surface area contributed by atoms with Gasteiger partial charge in [0.1, 0.15) is 5.83 Å². The van der Waals surface area contributed by atoms with Gasteiger partial charge in [0, 0.05) is 16.4 Å². The summed E-state index contributed by atoms with van der Waals surface area (Å²) in [5.41, 5.74) is 0. The molecular weight excluding hydrogens is 245 g/mol. The van der Waals surface area contributed by atoms with Crippen LogP contribution in [0.5, 0.6) is 0 Å². The van der Waals surface area contributed by atoms with Crippen LogP contribution in [0.4, 0.5) is 4.39 Å². The van der Waals surface area contributed by atoms with Crippen LogP contribution >= 0.6 is 15.9 Å². The molecule has 1 unspecified atom stereocenters. The zero-order chi connectivity index (χ0) is 9.97. The molecule has 2 aliphatic rings. The lowest BCUT2D eigenvalue weighted by Crippen LogP contribution is -2.38. The molecule has 1 aliphatic heterocycles. The fraction of sp³-hybridized carbons (Fsp3) is 0.636. The predicted molar refractivity (Wildman–Crippen MR) is 59.9 cm³/mol. The number of halogens is 2. The molecular formula is C11H15BrFN. The summed E-state index contributed by atoms with van der Waals surface area (Å²) in [5, 5.41) is 3.40. The van der Waals surface area contributed by atoms with Gasteiger partial charge in [0.2, 0.25) is 0 Å². The standard InChI is InChI=1S/C11H15BrFN/c12-10-6-8(13)7-11-9(10)4-2-1-3-5-14-11/h6-7,9,11,14H,1-5H2/t9-,11?/m1/s1. The highest BCUT2D eigenvalue weighted by Gasteiger charge is 2.26. The van der Waals surface area contributed by atoms with E-state index >= 15 is 0 Å². The highest BCUT2D eigenvalue weighted by atomic mass is 79.9. The van der Waals surface area contributed by atoms with Crippen LogP contribution in [0.1, 0.15) is 25.7 Å². The smallest absolute Gasteiger partial charge is 0.121 e. The van der Waals surface area contributed by atoms with E-state index in [2.05, 4.69) is 21.2 Å². The Morgan fingerprint density at radius 1 is 1.36 bits per heavy atom. The van der Waals surface area contributed by atoms with Crippen molar-refractivity contribution in [1.29, 1.82) is 0 Å². The molecule has 0 aromatic heterocycles. The van der Waals surface area contributed by atoms with Gasteiger partial charge in [0.15, 0.2) is 0 Å². The summed E-state index contributed by atoms with van der Waals surface area (Å²) in [7, 11) is 0. The third-order valence-corrected chi connectivity index (χ3v) is 3.79. The topological polar surface area (TPSA) is 12.0 Å². The lowest BCUT2D eigenvalue weighted by atomic mass is 9.88. The van der Waals surface area contributed by atoms with Crippen LogP contribution in [0.2, 0.25) is 0 Å². The molecule has 1 N–H and O–H groups in total. The fourth-order valence-electron chi connectivity index (χ4n) is 2.20. The second kappa shape index (κ2) is 4.58. The average molecular weight is 260 g/mol. The first kappa shape index (κ1) is 10.4. The first-order valence-electron chi connectivity index (χ1n) is 5.25. The van der Waals surface area contributed by atoms with Gasteiger partial charge in [-0.05, 0) is 31.5 Å². The quantitative estimate of drug-likeness (QED) is 0.704. The van der Waals surface area contributed by atoms with Crippen molar-refractivity contribution < 1.29 is 4.39 Å². The Labute approximate surface area is 92.6 Å². The third-order valence-electron chi connectivity index (χ3n) is 2.97. The molecule has 0 aromatic carbocycles. The van der Waals surface area contributed by atoms with Crippen LogP contribution < -0.4 is 5.32 Å². The van der Waals surface area contributed by atoms with Crippen molar-refractivity contribution in [2.75, 3.05) is 6.54 Å². The van der Waals surface area contributed by atoms with Gasteiger partial charge < -0.3 is 5.32 Å². The molecule has 1 nitrogen and oxygen atoms in total. The number of rotatable bonds is 0. The minimum absolute atomic E-state index is 0.119. The molecule has 0 spiro atoms. The van der Waals surface area contributed by atoms with Crippen molar-refractivity contribution in [2.24, 2.45) is 5.92 Å². The van der Waals surface area contributed by atoms with E-state index in [1.54, 1.807) is 12.2 Å². The minimum atomic E-state index is -0.119. The second-order valence-electron chi connectivity index (χ2n) is 4.02. The maximum atomic E-state index is 13.2. The minimum Gasteiger partial charge on any atom is -0.310 e. The number of allylic oxidation sites excluding steroid dienone is 2. The maximum Gasteiger partial charge on any atom is 0.121 e. The van der Waals surface area contributed by atoms with Crippen molar-refractivity contribution in [1.82, 2.24) is 5.32 Å². The Morgan fingerprint density at radius 3 is 3.07 bits per heavy atom. The lowest BCUT2D eigenvalue weighted by Gasteiger charge is -2.30. The Balaban J connectivity index is 2.14. The lowest BCUT2D eigenvalue weighted by molar-refractivity contribution is 0.381.